The summed E-state index contributed by atoms with van der Waals surface area (Å²) in [6, 6.07) is 3.04. The predicted octanol–water partition coefficient (Wildman–Crippen LogP) is 3.04. The highest BCUT2D eigenvalue weighted by atomic mass is 19.4. The molecule has 106 valence electrons. The lowest BCUT2D eigenvalue weighted by atomic mass is 10.0. The van der Waals surface area contributed by atoms with Gasteiger partial charge in [0.05, 0.1) is 5.56 Å². The number of alkyl halides is 3. The molecule has 2 rings (SSSR count). The summed E-state index contributed by atoms with van der Waals surface area (Å²) in [5.74, 6) is -3.82. The van der Waals surface area contributed by atoms with Crippen molar-refractivity contribution in [2.24, 2.45) is 0 Å². The van der Waals surface area contributed by atoms with E-state index in [2.05, 4.69) is 0 Å². The van der Waals surface area contributed by atoms with E-state index in [1.807, 2.05) is 0 Å². The van der Waals surface area contributed by atoms with Crippen LogP contribution >= 0.6 is 0 Å². The number of hydrogen-bond acceptors (Lipinski definition) is 2. The van der Waals surface area contributed by atoms with Gasteiger partial charge in [-0.05, 0) is 6.07 Å². The number of pyridine rings is 1. The van der Waals surface area contributed by atoms with Crippen LogP contribution in [0.3, 0.4) is 0 Å². The molecule has 2 N–H and O–H groups in total. The van der Waals surface area contributed by atoms with Gasteiger partial charge in [0.2, 0.25) is 0 Å². The fourth-order valence-corrected chi connectivity index (χ4v) is 1.66. The second kappa shape index (κ2) is 4.62. The van der Waals surface area contributed by atoms with Crippen LogP contribution in [0.4, 0.5) is 22.0 Å². The molecular weight excluding hydrogens is 285 g/mol. The lowest BCUT2D eigenvalue weighted by molar-refractivity contribution is -0.141. The number of H-pyrrole nitrogens is 1. The number of benzene rings is 1. The minimum atomic E-state index is -4.88. The molecule has 0 amide bonds. The smallest absolute Gasteiger partial charge is 0.431 e. The van der Waals surface area contributed by atoms with Gasteiger partial charge in [0.15, 0.2) is 11.6 Å². The molecular formula is C12H6F5NO2. The summed E-state index contributed by atoms with van der Waals surface area (Å²) >= 11 is 0. The van der Waals surface area contributed by atoms with Crippen LogP contribution < -0.4 is 5.56 Å². The first-order chi connectivity index (χ1) is 9.21. The second-order valence-corrected chi connectivity index (χ2v) is 3.87. The largest absolute Gasteiger partial charge is 0.507 e. The van der Waals surface area contributed by atoms with Gasteiger partial charge in [0.1, 0.15) is 11.4 Å². The molecule has 0 aliphatic heterocycles. The summed E-state index contributed by atoms with van der Waals surface area (Å²) in [4.78, 5) is 13.0. The predicted molar refractivity (Wildman–Crippen MR) is 59.1 cm³/mol. The number of halogens is 5. The SMILES string of the molecule is O=c1[nH]c(C(F)(F)F)cc(O)c1-c1cccc(F)c1F. The molecule has 3 nitrogen and oxygen atoms in total. The Morgan fingerprint density at radius 3 is 2.35 bits per heavy atom. The van der Waals surface area contributed by atoms with Crippen molar-refractivity contribution in [3.05, 3.63) is 51.9 Å². The highest BCUT2D eigenvalue weighted by Gasteiger charge is 2.33. The number of aromatic amines is 1. The van der Waals surface area contributed by atoms with Gasteiger partial charge in [-0.15, -0.1) is 0 Å². The normalized spacial score (nSPS) is 11.7. The van der Waals surface area contributed by atoms with Crippen LogP contribution in [0.5, 0.6) is 5.75 Å². The van der Waals surface area contributed by atoms with Crippen molar-refractivity contribution >= 4 is 0 Å². The van der Waals surface area contributed by atoms with E-state index in [1.165, 1.54) is 4.98 Å². The van der Waals surface area contributed by atoms with Crippen LogP contribution in [-0.2, 0) is 6.18 Å². The van der Waals surface area contributed by atoms with Gasteiger partial charge >= 0.3 is 6.18 Å². The second-order valence-electron chi connectivity index (χ2n) is 3.87. The maximum atomic E-state index is 13.5. The molecule has 0 spiro atoms. The zero-order valence-electron chi connectivity index (χ0n) is 9.55. The summed E-state index contributed by atoms with van der Waals surface area (Å²) in [6.45, 7) is 0. The van der Waals surface area contributed by atoms with Crippen molar-refractivity contribution in [3.8, 4) is 16.9 Å². The van der Waals surface area contributed by atoms with E-state index in [-0.39, 0.29) is 6.07 Å². The molecule has 0 saturated carbocycles. The van der Waals surface area contributed by atoms with Gasteiger partial charge in [-0.1, -0.05) is 12.1 Å². The van der Waals surface area contributed by atoms with Crippen molar-refractivity contribution in [2.75, 3.05) is 0 Å². The van der Waals surface area contributed by atoms with Gasteiger partial charge in [-0.3, -0.25) is 4.79 Å². The molecule has 1 aromatic carbocycles. The molecule has 20 heavy (non-hydrogen) atoms. The molecule has 0 aliphatic rings. The monoisotopic (exact) mass is 291 g/mol. The average Bonchev–Trinajstić information content (AvgIpc) is 2.32. The number of aromatic hydroxyl groups is 1. The molecule has 0 fully saturated rings. The molecule has 0 saturated heterocycles. The van der Waals surface area contributed by atoms with Crippen LogP contribution in [0, 0.1) is 11.6 Å². The van der Waals surface area contributed by atoms with E-state index in [9.17, 15) is 31.9 Å². The Labute approximate surface area is 108 Å². The summed E-state index contributed by atoms with van der Waals surface area (Å²) in [7, 11) is 0. The molecule has 0 bridgehead atoms. The van der Waals surface area contributed by atoms with E-state index in [0.717, 1.165) is 18.2 Å². The Hall–Kier alpha value is -2.38. The zero-order chi connectivity index (χ0) is 15.1. The number of nitrogens with one attached hydrogen (secondary N) is 1. The Morgan fingerprint density at radius 2 is 1.80 bits per heavy atom. The summed E-state index contributed by atoms with van der Waals surface area (Å²) in [5.41, 5.74) is -4.25. The maximum Gasteiger partial charge on any atom is 0.431 e. The minimum Gasteiger partial charge on any atom is -0.507 e. The van der Waals surface area contributed by atoms with Crippen molar-refractivity contribution < 1.29 is 27.1 Å². The average molecular weight is 291 g/mol. The molecule has 0 atom stereocenters. The van der Waals surface area contributed by atoms with Crippen molar-refractivity contribution in [3.63, 3.8) is 0 Å². The van der Waals surface area contributed by atoms with Crippen LogP contribution in [0.2, 0.25) is 0 Å². The first-order valence-electron chi connectivity index (χ1n) is 5.19. The van der Waals surface area contributed by atoms with Crippen LogP contribution in [0.1, 0.15) is 5.69 Å². The third-order valence-corrected chi connectivity index (χ3v) is 2.54. The highest BCUT2D eigenvalue weighted by Crippen LogP contribution is 2.33. The van der Waals surface area contributed by atoms with Gasteiger partial charge in [-0.25, -0.2) is 8.78 Å². The van der Waals surface area contributed by atoms with E-state index in [1.54, 1.807) is 0 Å². The van der Waals surface area contributed by atoms with E-state index < -0.39 is 45.9 Å². The Bertz CT molecular complexity index is 721. The fourth-order valence-electron chi connectivity index (χ4n) is 1.66. The van der Waals surface area contributed by atoms with Crippen LogP contribution in [-0.4, -0.2) is 10.1 Å². The Balaban J connectivity index is 2.71. The standard InChI is InChI=1S/C12H6F5NO2/c13-6-3-1-2-5(10(6)14)9-7(19)4-8(12(15,16)17)18-11(9)20/h1-4H,(H2,18,19,20). The van der Waals surface area contributed by atoms with Gasteiger partial charge < -0.3 is 10.1 Å². The van der Waals surface area contributed by atoms with Crippen molar-refractivity contribution in [1.29, 1.82) is 0 Å². The summed E-state index contributed by atoms with van der Waals surface area (Å²) < 4.78 is 63.8. The molecule has 0 radical (unpaired) electrons. The number of aromatic nitrogens is 1. The number of rotatable bonds is 1. The van der Waals surface area contributed by atoms with Gasteiger partial charge in [-0.2, -0.15) is 13.2 Å². The lowest BCUT2D eigenvalue weighted by Gasteiger charge is -2.10. The Kier molecular flexibility index (Phi) is 3.24. The van der Waals surface area contributed by atoms with E-state index in [0.29, 0.717) is 0 Å². The third kappa shape index (κ3) is 2.36. The number of hydrogen-bond donors (Lipinski definition) is 2. The quantitative estimate of drug-likeness (QED) is 0.793. The molecule has 1 aromatic heterocycles. The minimum absolute atomic E-state index is 0.237. The molecule has 2 aromatic rings. The molecule has 0 unspecified atom stereocenters. The van der Waals surface area contributed by atoms with Crippen LogP contribution in [0.25, 0.3) is 11.1 Å². The van der Waals surface area contributed by atoms with Crippen molar-refractivity contribution in [1.82, 2.24) is 4.98 Å². The third-order valence-electron chi connectivity index (χ3n) is 2.54. The molecule has 0 aliphatic carbocycles. The van der Waals surface area contributed by atoms with E-state index in [4.69, 9.17) is 0 Å². The Morgan fingerprint density at radius 1 is 1.15 bits per heavy atom. The van der Waals surface area contributed by atoms with Crippen LogP contribution in [0.15, 0.2) is 29.1 Å². The molecule has 8 heteroatoms. The summed E-state index contributed by atoms with van der Waals surface area (Å²) in [5, 5.41) is 9.50. The van der Waals surface area contributed by atoms with E-state index >= 15 is 0 Å². The highest BCUT2D eigenvalue weighted by molar-refractivity contribution is 5.69. The van der Waals surface area contributed by atoms with Gasteiger partial charge in [0, 0.05) is 11.6 Å². The first-order valence-corrected chi connectivity index (χ1v) is 5.19. The molecule has 1 heterocycles. The van der Waals surface area contributed by atoms with Crippen molar-refractivity contribution in [2.45, 2.75) is 6.18 Å². The van der Waals surface area contributed by atoms with Gasteiger partial charge in [0.25, 0.3) is 5.56 Å². The first kappa shape index (κ1) is 14.0. The fraction of sp³-hybridized carbons (Fsp3) is 0.0833. The topological polar surface area (TPSA) is 53.1 Å². The zero-order valence-corrected chi connectivity index (χ0v) is 9.55. The lowest BCUT2D eigenvalue weighted by Crippen LogP contribution is -2.18. The summed E-state index contributed by atoms with van der Waals surface area (Å²) in [6.07, 6.45) is -4.88. The maximum absolute atomic E-state index is 13.5.